The third-order valence-corrected chi connectivity index (χ3v) is 13.0. The molecule has 1 aliphatic rings. The van der Waals surface area contributed by atoms with E-state index in [1.165, 1.54) is 4.90 Å². The summed E-state index contributed by atoms with van der Waals surface area (Å²) in [7, 11) is -1.97. The zero-order valence-corrected chi connectivity index (χ0v) is 23.2. The number of hydrogen-bond acceptors (Lipinski definition) is 5. The fourth-order valence-corrected chi connectivity index (χ4v) is 10.4. The smallest absolute Gasteiger partial charge is 0.192 e. The van der Waals surface area contributed by atoms with Crippen LogP contribution >= 0.6 is 11.8 Å². The Bertz CT molecular complexity index is 642. The van der Waals surface area contributed by atoms with Crippen molar-refractivity contribution in [3.05, 3.63) is 30.3 Å². The van der Waals surface area contributed by atoms with E-state index in [1.807, 2.05) is 6.07 Å². The van der Waals surface area contributed by atoms with E-state index in [4.69, 9.17) is 18.3 Å². The summed E-state index contributed by atoms with van der Waals surface area (Å²) in [5, 5.41) is 0. The largest absolute Gasteiger partial charge is 0.408 e. The van der Waals surface area contributed by atoms with Crippen molar-refractivity contribution >= 4 is 28.4 Å². The molecule has 2 rings (SSSR count). The van der Waals surface area contributed by atoms with E-state index in [0.29, 0.717) is 0 Å². The molecular weight excluding hydrogens is 428 g/mol. The number of ether oxygens (including phenoxy) is 2. The average molecular weight is 471 g/mol. The highest BCUT2D eigenvalue weighted by Gasteiger charge is 2.57. The van der Waals surface area contributed by atoms with Gasteiger partial charge in [0.1, 0.15) is 23.2 Å². The summed E-state index contributed by atoms with van der Waals surface area (Å²) in [4.78, 5) is 1.17. The molecule has 0 unspecified atom stereocenters. The lowest BCUT2D eigenvalue weighted by Gasteiger charge is -2.55. The molecule has 0 saturated carbocycles. The molecule has 1 fully saturated rings. The highest BCUT2D eigenvalue weighted by atomic mass is 32.2. The van der Waals surface area contributed by atoms with Crippen LogP contribution in [0.15, 0.2) is 35.2 Å². The normalized spacial score (nSPS) is 30.4. The van der Waals surface area contributed by atoms with Crippen molar-refractivity contribution in [2.24, 2.45) is 0 Å². The molecule has 0 bridgehead atoms. The van der Waals surface area contributed by atoms with Crippen LogP contribution in [0.3, 0.4) is 0 Å². The zero-order valence-electron chi connectivity index (χ0n) is 20.4. The van der Waals surface area contributed by atoms with E-state index < -0.39 is 22.2 Å². The van der Waals surface area contributed by atoms with E-state index in [1.54, 1.807) is 18.9 Å². The second-order valence-electron chi connectivity index (χ2n) is 9.48. The molecule has 0 aliphatic carbocycles. The lowest BCUT2D eigenvalue weighted by atomic mass is 9.87. The lowest BCUT2D eigenvalue weighted by Crippen LogP contribution is -2.69. The monoisotopic (exact) mass is 470 g/mol. The van der Waals surface area contributed by atoms with Crippen molar-refractivity contribution in [3.63, 3.8) is 0 Å². The summed E-state index contributed by atoms with van der Waals surface area (Å²) in [6.45, 7) is 17.9. The van der Waals surface area contributed by atoms with E-state index in [9.17, 15) is 0 Å². The lowest BCUT2D eigenvalue weighted by molar-refractivity contribution is -0.234. The summed E-state index contributed by atoms with van der Waals surface area (Å²) in [5.74, 6) is 0. The Morgan fingerprint density at radius 1 is 1.00 bits per heavy atom. The molecule has 0 radical (unpaired) electrons. The SMILES string of the molecule is CC[Si](CC)(CC)O[C@H]1[C@H](C)O[C@@H](Sc2ccccc2)[C@H](OC)[C@]1(C)O[Si](C)(C)C. The third kappa shape index (κ3) is 6.00. The third-order valence-electron chi connectivity index (χ3n) is 6.24. The van der Waals surface area contributed by atoms with Crippen LogP contribution in [0.2, 0.25) is 37.8 Å². The van der Waals surface area contributed by atoms with Crippen molar-refractivity contribution in [2.75, 3.05) is 7.11 Å². The Morgan fingerprint density at radius 2 is 1.57 bits per heavy atom. The summed E-state index contributed by atoms with van der Waals surface area (Å²) in [6.07, 6.45) is -0.447. The Hall–Kier alpha value is -0.156. The fraction of sp³-hybridized carbons (Fsp3) is 0.739. The van der Waals surface area contributed by atoms with Gasteiger partial charge in [0.2, 0.25) is 0 Å². The molecule has 0 N–H and O–H groups in total. The van der Waals surface area contributed by atoms with Crippen LogP contribution in [0.5, 0.6) is 0 Å². The first-order valence-corrected chi connectivity index (χ1v) is 18.1. The maximum absolute atomic E-state index is 7.05. The van der Waals surface area contributed by atoms with Gasteiger partial charge >= 0.3 is 0 Å². The van der Waals surface area contributed by atoms with Crippen LogP contribution in [0.1, 0.15) is 34.6 Å². The summed E-state index contributed by atoms with van der Waals surface area (Å²) in [5.41, 5.74) is -0.726. The fourth-order valence-electron chi connectivity index (χ4n) is 4.58. The van der Waals surface area contributed by atoms with Crippen molar-refractivity contribution in [1.82, 2.24) is 0 Å². The minimum absolute atomic E-state index is 0.0736. The molecule has 0 amide bonds. The van der Waals surface area contributed by atoms with Gasteiger partial charge in [0.15, 0.2) is 16.6 Å². The van der Waals surface area contributed by atoms with Crippen LogP contribution in [0, 0.1) is 0 Å². The molecular formula is C23H42O4SSi2. The predicted molar refractivity (Wildman–Crippen MR) is 132 cm³/mol. The zero-order chi connectivity index (χ0) is 22.6. The van der Waals surface area contributed by atoms with Gasteiger partial charge in [-0.1, -0.05) is 50.7 Å². The van der Waals surface area contributed by atoms with Gasteiger partial charge in [0.25, 0.3) is 0 Å². The summed E-state index contributed by atoms with van der Waals surface area (Å²) >= 11 is 1.71. The minimum Gasteiger partial charge on any atom is -0.408 e. The highest BCUT2D eigenvalue weighted by Crippen LogP contribution is 2.45. The van der Waals surface area contributed by atoms with Crippen molar-refractivity contribution < 1.29 is 18.3 Å². The minimum atomic E-state index is -1.88. The van der Waals surface area contributed by atoms with Gasteiger partial charge in [-0.25, -0.2) is 0 Å². The van der Waals surface area contributed by atoms with Crippen molar-refractivity contribution in [2.45, 2.75) is 107 Å². The molecule has 30 heavy (non-hydrogen) atoms. The van der Waals surface area contributed by atoms with Crippen LogP contribution in [-0.4, -0.2) is 53.1 Å². The van der Waals surface area contributed by atoms with Gasteiger partial charge in [-0.3, -0.25) is 0 Å². The van der Waals surface area contributed by atoms with E-state index in [-0.39, 0.29) is 23.7 Å². The average Bonchev–Trinajstić information content (AvgIpc) is 2.68. The Balaban J connectivity index is 2.44. The molecule has 0 aromatic heterocycles. The number of hydrogen-bond donors (Lipinski definition) is 0. The van der Waals surface area contributed by atoms with Crippen LogP contribution in [0.25, 0.3) is 0 Å². The number of rotatable bonds is 10. The number of thioether (sulfide) groups is 1. The molecule has 172 valence electrons. The molecule has 1 heterocycles. The maximum atomic E-state index is 7.05. The topological polar surface area (TPSA) is 36.9 Å². The number of benzene rings is 1. The molecule has 0 spiro atoms. The van der Waals surface area contributed by atoms with Gasteiger partial charge in [-0.15, -0.1) is 0 Å². The van der Waals surface area contributed by atoms with Crippen LogP contribution < -0.4 is 0 Å². The molecule has 1 aromatic carbocycles. The number of methoxy groups -OCH3 is 1. The summed E-state index contributed by atoms with van der Waals surface area (Å²) < 4.78 is 26.7. The van der Waals surface area contributed by atoms with Gasteiger partial charge in [0, 0.05) is 12.0 Å². The second-order valence-corrected chi connectivity index (χ2v) is 19.8. The van der Waals surface area contributed by atoms with Crippen LogP contribution in [0.4, 0.5) is 0 Å². The van der Waals surface area contributed by atoms with Crippen LogP contribution in [-0.2, 0) is 18.3 Å². The standard InChI is InChI=1S/C23H42O4SSi2/c1-10-30(11-2,12-3)26-20-18(4)25-22(28-19-16-14-13-15-17-19)21(24-6)23(20,5)27-29(7,8)9/h13-18,20-22H,10-12H2,1-9H3/t18-,20-,21-,22-,23+/m0/s1. The van der Waals surface area contributed by atoms with Gasteiger partial charge < -0.3 is 18.3 Å². The van der Waals surface area contributed by atoms with E-state index in [2.05, 4.69) is 78.5 Å². The maximum Gasteiger partial charge on any atom is 0.192 e. The first-order chi connectivity index (χ1) is 14.0. The second kappa shape index (κ2) is 10.6. The van der Waals surface area contributed by atoms with Crippen molar-refractivity contribution in [1.29, 1.82) is 0 Å². The van der Waals surface area contributed by atoms with Gasteiger partial charge in [-0.05, 0) is 63.8 Å². The van der Waals surface area contributed by atoms with Crippen molar-refractivity contribution in [3.8, 4) is 0 Å². The highest BCUT2D eigenvalue weighted by molar-refractivity contribution is 7.99. The van der Waals surface area contributed by atoms with E-state index in [0.717, 1.165) is 18.1 Å². The van der Waals surface area contributed by atoms with Gasteiger partial charge in [0.05, 0.1) is 6.10 Å². The Labute approximate surface area is 190 Å². The molecule has 1 aromatic rings. The molecule has 7 heteroatoms. The predicted octanol–water partition coefficient (Wildman–Crippen LogP) is 6.54. The van der Waals surface area contributed by atoms with Gasteiger partial charge in [-0.2, -0.15) is 0 Å². The Kier molecular flexibility index (Phi) is 9.26. The quantitative estimate of drug-likeness (QED) is 0.363. The first kappa shape index (κ1) is 26.1. The van der Waals surface area contributed by atoms with E-state index >= 15 is 0 Å². The molecule has 1 aliphatic heterocycles. The Morgan fingerprint density at radius 3 is 2.03 bits per heavy atom. The molecule has 5 atom stereocenters. The molecule has 4 nitrogen and oxygen atoms in total. The summed E-state index contributed by atoms with van der Waals surface area (Å²) in [6, 6.07) is 13.7. The first-order valence-electron chi connectivity index (χ1n) is 11.3. The molecule has 1 saturated heterocycles.